The molecule has 1 rings (SSSR count). The van der Waals surface area contributed by atoms with Gasteiger partial charge in [-0.15, -0.1) is 0 Å². The van der Waals surface area contributed by atoms with E-state index >= 15 is 0 Å². The maximum atomic E-state index is 11.8. The lowest BCUT2D eigenvalue weighted by molar-refractivity contribution is 0.0955. The Hall–Kier alpha value is -2.02. The molecule has 16 heavy (non-hydrogen) atoms. The number of hydrogen-bond acceptors (Lipinski definition) is 3. The third-order valence-corrected chi connectivity index (χ3v) is 2.22. The van der Waals surface area contributed by atoms with Crippen LogP contribution >= 0.6 is 0 Å². The topological polar surface area (TPSA) is 62.1 Å². The maximum absolute atomic E-state index is 11.8. The molecule has 0 saturated carbocycles. The number of nitrogens with one attached hydrogen (secondary N) is 1. The van der Waals surface area contributed by atoms with Crippen LogP contribution in [0.25, 0.3) is 0 Å². The Morgan fingerprint density at radius 2 is 2.19 bits per heavy atom. The SMILES string of the molecule is COc1cc(C)cc(C)c1C(=O)NCC#N. The molecule has 0 aliphatic carbocycles. The molecule has 0 atom stereocenters. The van der Waals surface area contributed by atoms with E-state index in [0.29, 0.717) is 11.3 Å². The summed E-state index contributed by atoms with van der Waals surface area (Å²) in [4.78, 5) is 11.8. The average molecular weight is 218 g/mol. The maximum Gasteiger partial charge on any atom is 0.256 e. The van der Waals surface area contributed by atoms with Gasteiger partial charge in [-0.25, -0.2) is 0 Å². The van der Waals surface area contributed by atoms with Gasteiger partial charge in [0.2, 0.25) is 0 Å². The summed E-state index contributed by atoms with van der Waals surface area (Å²) < 4.78 is 5.16. The molecule has 4 heteroatoms. The van der Waals surface area contributed by atoms with Crippen molar-refractivity contribution in [3.8, 4) is 11.8 Å². The van der Waals surface area contributed by atoms with Crippen LogP contribution in [0.3, 0.4) is 0 Å². The number of nitriles is 1. The van der Waals surface area contributed by atoms with Crippen molar-refractivity contribution in [3.05, 3.63) is 28.8 Å². The highest BCUT2D eigenvalue weighted by atomic mass is 16.5. The average Bonchev–Trinajstić information content (AvgIpc) is 2.24. The summed E-state index contributed by atoms with van der Waals surface area (Å²) >= 11 is 0. The number of nitrogens with zero attached hydrogens (tertiary/aromatic N) is 1. The number of carbonyl (C=O) groups excluding carboxylic acids is 1. The van der Waals surface area contributed by atoms with Crippen LogP contribution in [0.5, 0.6) is 5.75 Å². The fraction of sp³-hybridized carbons (Fsp3) is 0.333. The minimum Gasteiger partial charge on any atom is -0.496 e. The zero-order valence-corrected chi connectivity index (χ0v) is 9.63. The van der Waals surface area contributed by atoms with E-state index in [1.165, 1.54) is 7.11 Å². The quantitative estimate of drug-likeness (QED) is 0.783. The van der Waals surface area contributed by atoms with Gasteiger partial charge in [0.1, 0.15) is 12.3 Å². The van der Waals surface area contributed by atoms with Crippen molar-refractivity contribution in [1.82, 2.24) is 5.32 Å². The van der Waals surface area contributed by atoms with E-state index in [0.717, 1.165) is 11.1 Å². The Balaban J connectivity index is 3.12. The second-order valence-electron chi connectivity index (χ2n) is 3.50. The number of methoxy groups -OCH3 is 1. The van der Waals surface area contributed by atoms with Gasteiger partial charge < -0.3 is 10.1 Å². The van der Waals surface area contributed by atoms with Crippen LogP contribution in [0.2, 0.25) is 0 Å². The molecule has 0 heterocycles. The van der Waals surface area contributed by atoms with Crippen molar-refractivity contribution >= 4 is 5.91 Å². The monoisotopic (exact) mass is 218 g/mol. The minimum absolute atomic E-state index is 0.00466. The predicted molar refractivity (Wildman–Crippen MR) is 60.4 cm³/mol. The van der Waals surface area contributed by atoms with E-state index < -0.39 is 0 Å². The van der Waals surface area contributed by atoms with Crippen molar-refractivity contribution in [3.63, 3.8) is 0 Å². The van der Waals surface area contributed by atoms with Crippen LogP contribution < -0.4 is 10.1 Å². The molecule has 0 aliphatic rings. The Morgan fingerprint density at radius 1 is 1.50 bits per heavy atom. The van der Waals surface area contributed by atoms with Crippen LogP contribution in [0, 0.1) is 25.2 Å². The van der Waals surface area contributed by atoms with E-state index in [2.05, 4.69) is 5.32 Å². The fourth-order valence-electron chi connectivity index (χ4n) is 1.59. The molecule has 4 nitrogen and oxygen atoms in total. The summed E-state index contributed by atoms with van der Waals surface area (Å²) in [5.41, 5.74) is 2.36. The molecular formula is C12H14N2O2. The first-order valence-electron chi connectivity index (χ1n) is 4.90. The number of hydrogen-bond donors (Lipinski definition) is 1. The number of carbonyl (C=O) groups is 1. The van der Waals surface area contributed by atoms with Gasteiger partial charge >= 0.3 is 0 Å². The van der Waals surface area contributed by atoms with E-state index in [1.807, 2.05) is 26.0 Å². The van der Waals surface area contributed by atoms with Crippen molar-refractivity contribution in [2.45, 2.75) is 13.8 Å². The number of amides is 1. The number of rotatable bonds is 3. The molecule has 1 aromatic rings. The smallest absolute Gasteiger partial charge is 0.256 e. The third kappa shape index (κ3) is 2.51. The second kappa shape index (κ2) is 5.17. The van der Waals surface area contributed by atoms with Crippen molar-refractivity contribution in [2.24, 2.45) is 0 Å². The molecule has 0 saturated heterocycles. The van der Waals surface area contributed by atoms with Crippen LogP contribution in [-0.2, 0) is 0 Å². The molecule has 84 valence electrons. The van der Waals surface area contributed by atoms with Gasteiger partial charge in [0.05, 0.1) is 18.7 Å². The van der Waals surface area contributed by atoms with Crippen molar-refractivity contribution in [1.29, 1.82) is 5.26 Å². The zero-order valence-electron chi connectivity index (χ0n) is 9.63. The van der Waals surface area contributed by atoms with E-state index in [4.69, 9.17) is 10.00 Å². The molecule has 1 N–H and O–H groups in total. The van der Waals surface area contributed by atoms with Crippen LogP contribution in [-0.4, -0.2) is 19.6 Å². The molecular weight excluding hydrogens is 204 g/mol. The van der Waals surface area contributed by atoms with Crippen LogP contribution in [0.15, 0.2) is 12.1 Å². The van der Waals surface area contributed by atoms with Crippen molar-refractivity contribution in [2.75, 3.05) is 13.7 Å². The van der Waals surface area contributed by atoms with Crippen LogP contribution in [0.4, 0.5) is 0 Å². The molecule has 0 bridgehead atoms. The molecule has 1 amide bonds. The van der Waals surface area contributed by atoms with Crippen molar-refractivity contribution < 1.29 is 9.53 Å². The van der Waals surface area contributed by atoms with E-state index in [1.54, 1.807) is 6.07 Å². The first-order valence-corrected chi connectivity index (χ1v) is 4.90. The first kappa shape index (κ1) is 12.1. The number of ether oxygens (including phenoxy) is 1. The molecule has 0 spiro atoms. The third-order valence-electron chi connectivity index (χ3n) is 2.22. The summed E-state index contributed by atoms with van der Waals surface area (Å²) in [6.45, 7) is 3.78. The Bertz CT molecular complexity index is 447. The first-order chi connectivity index (χ1) is 7.60. The Labute approximate surface area is 94.8 Å². The molecule has 0 aromatic heterocycles. The highest BCUT2D eigenvalue weighted by Crippen LogP contribution is 2.23. The molecule has 0 aliphatic heterocycles. The lowest BCUT2D eigenvalue weighted by atomic mass is 10.0. The Morgan fingerprint density at radius 3 is 2.75 bits per heavy atom. The summed E-state index contributed by atoms with van der Waals surface area (Å²) in [7, 11) is 1.52. The van der Waals surface area contributed by atoms with Gasteiger partial charge in [0.25, 0.3) is 5.91 Å². The lowest BCUT2D eigenvalue weighted by Crippen LogP contribution is -2.25. The summed E-state index contributed by atoms with van der Waals surface area (Å²) in [6, 6.07) is 5.57. The predicted octanol–water partition coefficient (Wildman–Crippen LogP) is 1.57. The highest BCUT2D eigenvalue weighted by Gasteiger charge is 2.15. The minimum atomic E-state index is -0.282. The van der Waals surface area contributed by atoms with Gasteiger partial charge in [0, 0.05) is 0 Å². The molecule has 1 aromatic carbocycles. The van der Waals surface area contributed by atoms with Gasteiger partial charge in [-0.2, -0.15) is 5.26 Å². The summed E-state index contributed by atoms with van der Waals surface area (Å²) in [5, 5.41) is 10.9. The lowest BCUT2D eigenvalue weighted by Gasteiger charge is -2.11. The largest absolute Gasteiger partial charge is 0.496 e. The summed E-state index contributed by atoms with van der Waals surface area (Å²) in [5.74, 6) is 0.254. The van der Waals surface area contributed by atoms with E-state index in [-0.39, 0.29) is 12.5 Å². The number of aryl methyl sites for hydroxylation is 2. The van der Waals surface area contributed by atoms with Gasteiger partial charge in [-0.3, -0.25) is 4.79 Å². The van der Waals surface area contributed by atoms with Gasteiger partial charge in [-0.1, -0.05) is 6.07 Å². The Kier molecular flexibility index (Phi) is 3.90. The number of benzene rings is 1. The standard InChI is InChI=1S/C12H14N2O2/c1-8-6-9(2)11(10(7-8)16-3)12(15)14-5-4-13/h6-7H,5H2,1-3H3,(H,14,15). The molecule has 0 unspecified atom stereocenters. The summed E-state index contributed by atoms with van der Waals surface area (Å²) in [6.07, 6.45) is 0. The van der Waals surface area contributed by atoms with E-state index in [9.17, 15) is 4.79 Å². The highest BCUT2D eigenvalue weighted by molar-refractivity contribution is 5.98. The molecule has 0 fully saturated rings. The zero-order chi connectivity index (χ0) is 12.1. The fourth-order valence-corrected chi connectivity index (χ4v) is 1.59. The van der Waals surface area contributed by atoms with Gasteiger partial charge in [0.15, 0.2) is 0 Å². The van der Waals surface area contributed by atoms with Gasteiger partial charge in [-0.05, 0) is 31.0 Å². The second-order valence-corrected chi connectivity index (χ2v) is 3.50. The normalized spacial score (nSPS) is 9.38. The molecule has 0 radical (unpaired) electrons. The van der Waals surface area contributed by atoms with Crippen LogP contribution in [0.1, 0.15) is 21.5 Å².